The van der Waals surface area contributed by atoms with E-state index in [4.69, 9.17) is 14.8 Å². The molecule has 9 heteroatoms. The van der Waals surface area contributed by atoms with Crippen LogP contribution in [0.15, 0.2) is 67.0 Å². The molecule has 5 heterocycles. The van der Waals surface area contributed by atoms with Crippen LogP contribution in [0, 0.1) is 6.92 Å². The number of morpholine rings is 1. The first-order valence-corrected chi connectivity index (χ1v) is 11.3. The molecule has 9 nitrogen and oxygen atoms in total. The number of nitrogens with zero attached hydrogens (tertiary/aromatic N) is 6. The lowest BCUT2D eigenvalue weighted by Gasteiger charge is -2.29. The van der Waals surface area contributed by atoms with Crippen LogP contribution in [0.5, 0.6) is 0 Å². The molecule has 170 valence electrons. The molecule has 34 heavy (non-hydrogen) atoms. The van der Waals surface area contributed by atoms with E-state index >= 15 is 0 Å². The Balaban J connectivity index is 1.37. The molecular formula is C25H24N8O. The SMILES string of the molecule is Cc1ccc(-c2cc(Nc3cc(N4CCOCC4)n4nc(-c5ccncc5)cc4n3)n[nH]2)cc1. The van der Waals surface area contributed by atoms with Crippen LogP contribution in [0.4, 0.5) is 17.5 Å². The average Bonchev–Trinajstić information content (AvgIpc) is 3.52. The van der Waals surface area contributed by atoms with E-state index < -0.39 is 0 Å². The number of H-pyrrole nitrogens is 1. The number of fused-ring (bicyclic) bond motifs is 1. The molecule has 6 rings (SSSR count). The molecule has 1 fully saturated rings. The van der Waals surface area contributed by atoms with Gasteiger partial charge >= 0.3 is 0 Å². The van der Waals surface area contributed by atoms with Gasteiger partial charge in [-0.2, -0.15) is 14.7 Å². The lowest BCUT2D eigenvalue weighted by atomic mass is 10.1. The topological polar surface area (TPSA) is 96.3 Å². The Kier molecular flexibility index (Phi) is 5.15. The Morgan fingerprint density at radius 2 is 1.71 bits per heavy atom. The fraction of sp³-hybridized carbons (Fsp3) is 0.200. The Hall–Kier alpha value is -4.24. The molecule has 0 amide bonds. The third-order valence-corrected chi connectivity index (χ3v) is 5.92. The minimum absolute atomic E-state index is 0.685. The fourth-order valence-corrected chi connectivity index (χ4v) is 4.10. The monoisotopic (exact) mass is 452 g/mol. The highest BCUT2D eigenvalue weighted by atomic mass is 16.5. The number of nitrogens with one attached hydrogen (secondary N) is 2. The molecule has 0 aliphatic carbocycles. The average molecular weight is 453 g/mol. The van der Waals surface area contributed by atoms with E-state index in [1.807, 2.05) is 34.8 Å². The van der Waals surface area contributed by atoms with Crippen molar-refractivity contribution < 1.29 is 4.74 Å². The van der Waals surface area contributed by atoms with E-state index in [9.17, 15) is 0 Å². The van der Waals surface area contributed by atoms with Gasteiger partial charge in [-0.1, -0.05) is 29.8 Å². The molecule has 1 aromatic carbocycles. The van der Waals surface area contributed by atoms with Crippen molar-refractivity contribution >= 4 is 23.1 Å². The highest BCUT2D eigenvalue weighted by molar-refractivity contribution is 5.70. The molecule has 5 aromatic rings. The van der Waals surface area contributed by atoms with Gasteiger partial charge in [0.1, 0.15) is 11.6 Å². The quantitative estimate of drug-likeness (QED) is 0.415. The second kappa shape index (κ2) is 8.60. The van der Waals surface area contributed by atoms with E-state index in [1.165, 1.54) is 5.56 Å². The molecular weight excluding hydrogens is 428 g/mol. The van der Waals surface area contributed by atoms with Gasteiger partial charge in [-0.25, -0.2) is 4.98 Å². The van der Waals surface area contributed by atoms with Crippen LogP contribution in [0.1, 0.15) is 5.56 Å². The Labute approximate surface area is 196 Å². The van der Waals surface area contributed by atoms with Crippen molar-refractivity contribution in [1.82, 2.24) is 29.8 Å². The highest BCUT2D eigenvalue weighted by Gasteiger charge is 2.19. The van der Waals surface area contributed by atoms with Gasteiger partial charge in [0.15, 0.2) is 11.5 Å². The number of ether oxygens (including phenoxy) is 1. The minimum atomic E-state index is 0.685. The van der Waals surface area contributed by atoms with E-state index in [-0.39, 0.29) is 0 Å². The first-order valence-electron chi connectivity index (χ1n) is 11.3. The maximum atomic E-state index is 5.56. The van der Waals surface area contributed by atoms with E-state index in [1.54, 1.807) is 12.4 Å². The van der Waals surface area contributed by atoms with Gasteiger partial charge in [0.05, 0.1) is 24.6 Å². The lowest BCUT2D eigenvalue weighted by Crippen LogP contribution is -2.37. The first kappa shape index (κ1) is 20.4. The van der Waals surface area contributed by atoms with Crippen molar-refractivity contribution in [3.8, 4) is 22.5 Å². The maximum Gasteiger partial charge on any atom is 0.160 e. The summed E-state index contributed by atoms with van der Waals surface area (Å²) in [5.41, 5.74) is 5.86. The summed E-state index contributed by atoms with van der Waals surface area (Å²) in [6, 6.07) is 18.2. The predicted molar refractivity (Wildman–Crippen MR) is 131 cm³/mol. The molecule has 0 spiro atoms. The molecule has 1 aliphatic rings. The van der Waals surface area contributed by atoms with Gasteiger partial charge in [-0.3, -0.25) is 10.1 Å². The van der Waals surface area contributed by atoms with Crippen LogP contribution in [0.2, 0.25) is 0 Å². The second-order valence-corrected chi connectivity index (χ2v) is 8.29. The van der Waals surface area contributed by atoms with Crippen molar-refractivity contribution in [1.29, 1.82) is 0 Å². The lowest BCUT2D eigenvalue weighted by molar-refractivity contribution is 0.122. The number of aryl methyl sites for hydroxylation is 1. The predicted octanol–water partition coefficient (Wildman–Crippen LogP) is 4.07. The normalized spacial score (nSPS) is 14.0. The zero-order valence-electron chi connectivity index (χ0n) is 18.8. The van der Waals surface area contributed by atoms with Gasteiger partial charge in [0.25, 0.3) is 0 Å². The van der Waals surface area contributed by atoms with Crippen LogP contribution in [0.3, 0.4) is 0 Å². The van der Waals surface area contributed by atoms with Crippen molar-refractivity contribution in [2.45, 2.75) is 6.92 Å². The summed E-state index contributed by atoms with van der Waals surface area (Å²) in [5.74, 6) is 2.37. The molecule has 0 bridgehead atoms. The standard InChI is InChI=1S/C25H24N8O/c1-17-2-4-18(5-3-17)20-14-23(30-29-20)27-22-16-25(32-10-12-34-13-11-32)33-24(28-22)15-21(31-33)19-6-8-26-9-7-19/h2-9,14-16H,10-13H2,1H3,(H2,27,28,29,30). The largest absolute Gasteiger partial charge is 0.378 e. The third kappa shape index (κ3) is 3.97. The van der Waals surface area contributed by atoms with E-state index in [2.05, 4.69) is 56.6 Å². The van der Waals surface area contributed by atoms with Gasteiger partial charge in [0.2, 0.25) is 0 Å². The molecule has 4 aromatic heterocycles. The summed E-state index contributed by atoms with van der Waals surface area (Å²) in [6.07, 6.45) is 3.54. The van der Waals surface area contributed by atoms with E-state index in [0.717, 1.165) is 47.1 Å². The number of hydrogen-bond donors (Lipinski definition) is 2. The highest BCUT2D eigenvalue weighted by Crippen LogP contribution is 2.28. The molecule has 2 N–H and O–H groups in total. The number of benzene rings is 1. The summed E-state index contributed by atoms with van der Waals surface area (Å²) < 4.78 is 7.46. The van der Waals surface area contributed by atoms with Gasteiger partial charge in [0, 0.05) is 49.2 Å². The van der Waals surface area contributed by atoms with Crippen molar-refractivity contribution in [2.24, 2.45) is 0 Å². The molecule has 1 saturated heterocycles. The van der Waals surface area contributed by atoms with Crippen LogP contribution in [0.25, 0.3) is 28.2 Å². The van der Waals surface area contributed by atoms with Crippen LogP contribution >= 0.6 is 0 Å². The van der Waals surface area contributed by atoms with Crippen molar-refractivity contribution in [3.05, 3.63) is 72.6 Å². The number of anilines is 3. The minimum Gasteiger partial charge on any atom is -0.378 e. The van der Waals surface area contributed by atoms with Crippen LogP contribution < -0.4 is 10.2 Å². The second-order valence-electron chi connectivity index (χ2n) is 8.29. The fourth-order valence-electron chi connectivity index (χ4n) is 4.10. The van der Waals surface area contributed by atoms with Crippen molar-refractivity contribution in [2.75, 3.05) is 36.5 Å². The van der Waals surface area contributed by atoms with Crippen molar-refractivity contribution in [3.63, 3.8) is 0 Å². The molecule has 0 radical (unpaired) electrons. The summed E-state index contributed by atoms with van der Waals surface area (Å²) in [4.78, 5) is 11.2. The summed E-state index contributed by atoms with van der Waals surface area (Å²) in [7, 11) is 0. The number of aromatic amines is 1. The molecule has 1 aliphatic heterocycles. The van der Waals surface area contributed by atoms with Crippen LogP contribution in [-0.4, -0.2) is 56.1 Å². The smallest absolute Gasteiger partial charge is 0.160 e. The Morgan fingerprint density at radius 1 is 0.912 bits per heavy atom. The maximum absolute atomic E-state index is 5.56. The Bertz CT molecular complexity index is 1420. The summed E-state index contributed by atoms with van der Waals surface area (Å²) in [6.45, 7) is 5.04. The Morgan fingerprint density at radius 3 is 2.50 bits per heavy atom. The number of hydrogen-bond acceptors (Lipinski definition) is 7. The van der Waals surface area contributed by atoms with Gasteiger partial charge in [-0.05, 0) is 24.6 Å². The zero-order valence-corrected chi connectivity index (χ0v) is 18.8. The van der Waals surface area contributed by atoms with Gasteiger partial charge in [-0.15, -0.1) is 0 Å². The molecule has 0 unspecified atom stereocenters. The zero-order chi connectivity index (χ0) is 22.9. The molecule has 0 atom stereocenters. The number of pyridine rings is 1. The first-order chi connectivity index (χ1) is 16.7. The summed E-state index contributed by atoms with van der Waals surface area (Å²) in [5, 5.41) is 15.8. The van der Waals surface area contributed by atoms with Crippen LogP contribution in [-0.2, 0) is 4.74 Å². The summed E-state index contributed by atoms with van der Waals surface area (Å²) >= 11 is 0. The molecule has 0 saturated carbocycles. The van der Waals surface area contributed by atoms with Gasteiger partial charge < -0.3 is 15.0 Å². The number of aromatic nitrogens is 6. The van der Waals surface area contributed by atoms with E-state index in [0.29, 0.717) is 24.8 Å². The number of rotatable bonds is 5. The third-order valence-electron chi connectivity index (χ3n) is 5.92.